The maximum absolute atomic E-state index is 13.1. The number of rotatable bonds is 19. The zero-order valence-electron chi connectivity index (χ0n) is 23.9. The number of hydrogen-bond acceptors (Lipinski definition) is 8. The number of carboxylic acids is 4. The molecule has 2 amide bonds. The molecule has 14 nitrogen and oxygen atoms in total. The first kappa shape index (κ1) is 35.4. The number of carboxylic acid groups (broad SMARTS) is 4. The second kappa shape index (κ2) is 16.1. The van der Waals surface area contributed by atoms with E-state index in [-0.39, 0.29) is 39.0 Å². The SMILES string of the molecule is O=C(O)C[C@](O)(CC(=O)N(CCCCN(Cc1ccccc1)C(=O)C[C@@](O)(CC(=O)O)C(=O)O)Cc1ccccc1)C(=O)O. The summed E-state index contributed by atoms with van der Waals surface area (Å²) >= 11 is 0. The van der Waals surface area contributed by atoms with Crippen molar-refractivity contribution >= 4 is 35.7 Å². The van der Waals surface area contributed by atoms with E-state index in [2.05, 4.69) is 0 Å². The molecule has 0 fully saturated rings. The van der Waals surface area contributed by atoms with Crippen LogP contribution >= 0.6 is 0 Å². The first-order valence-electron chi connectivity index (χ1n) is 13.6. The van der Waals surface area contributed by atoms with E-state index in [1.54, 1.807) is 60.7 Å². The molecule has 0 aromatic heterocycles. The van der Waals surface area contributed by atoms with E-state index in [1.165, 1.54) is 9.80 Å². The lowest BCUT2D eigenvalue weighted by Crippen LogP contribution is -2.46. The molecule has 2 aromatic carbocycles. The largest absolute Gasteiger partial charge is 0.481 e. The van der Waals surface area contributed by atoms with Crippen LogP contribution in [0, 0.1) is 0 Å². The number of nitrogens with zero attached hydrogens (tertiary/aromatic N) is 2. The van der Waals surface area contributed by atoms with E-state index in [9.17, 15) is 49.2 Å². The predicted octanol–water partition coefficient (Wildman–Crippen LogP) is 1.19. The molecule has 2 rings (SSSR count). The number of unbranched alkanes of at least 4 members (excludes halogenated alkanes) is 1. The minimum atomic E-state index is -2.83. The monoisotopic (exact) mass is 616 g/mol. The predicted molar refractivity (Wildman–Crippen MR) is 152 cm³/mol. The average molecular weight is 617 g/mol. The van der Waals surface area contributed by atoms with Crippen molar-refractivity contribution in [3.8, 4) is 0 Å². The number of aliphatic hydroxyl groups is 2. The van der Waals surface area contributed by atoms with E-state index in [1.807, 2.05) is 0 Å². The van der Waals surface area contributed by atoms with Crippen molar-refractivity contribution in [2.24, 2.45) is 0 Å². The summed E-state index contributed by atoms with van der Waals surface area (Å²) in [6, 6.07) is 17.3. The molecule has 14 heteroatoms. The Morgan fingerprint density at radius 3 is 1.11 bits per heavy atom. The van der Waals surface area contributed by atoms with Crippen LogP contribution in [0.4, 0.5) is 0 Å². The van der Waals surface area contributed by atoms with E-state index in [4.69, 9.17) is 10.2 Å². The molecule has 6 N–H and O–H groups in total. The molecule has 44 heavy (non-hydrogen) atoms. The van der Waals surface area contributed by atoms with Crippen LogP contribution in [0.25, 0.3) is 0 Å². The van der Waals surface area contributed by atoms with Crippen LogP contribution in [0.2, 0.25) is 0 Å². The molecular weight excluding hydrogens is 580 g/mol. The Bertz CT molecular complexity index is 1220. The van der Waals surface area contributed by atoms with Crippen molar-refractivity contribution in [2.75, 3.05) is 13.1 Å². The lowest BCUT2D eigenvalue weighted by molar-refractivity contribution is -0.169. The molecule has 0 spiro atoms. The smallest absolute Gasteiger partial charge is 0.336 e. The van der Waals surface area contributed by atoms with Gasteiger partial charge in [-0.25, -0.2) is 9.59 Å². The third-order valence-corrected chi connectivity index (χ3v) is 6.81. The Kier molecular flexibility index (Phi) is 13.0. The van der Waals surface area contributed by atoms with Gasteiger partial charge in [0.1, 0.15) is 0 Å². The molecule has 2 aromatic rings. The van der Waals surface area contributed by atoms with E-state index in [0.717, 1.165) is 0 Å². The molecule has 2 atom stereocenters. The summed E-state index contributed by atoms with van der Waals surface area (Å²) in [6.07, 6.45) is -3.85. The van der Waals surface area contributed by atoms with Crippen molar-refractivity contribution in [3.63, 3.8) is 0 Å². The highest BCUT2D eigenvalue weighted by atomic mass is 16.4. The normalized spacial score (nSPS) is 13.6. The number of carbonyl (C=O) groups excluding carboxylic acids is 2. The Balaban J connectivity index is 2.19. The second-order valence-corrected chi connectivity index (χ2v) is 10.5. The van der Waals surface area contributed by atoms with Crippen LogP contribution in [0.3, 0.4) is 0 Å². The van der Waals surface area contributed by atoms with Gasteiger partial charge in [0.05, 0.1) is 25.7 Å². The number of benzene rings is 2. The molecular formula is C30H36N2O12. The van der Waals surface area contributed by atoms with Crippen molar-refractivity contribution in [1.29, 1.82) is 0 Å². The van der Waals surface area contributed by atoms with Crippen LogP contribution in [-0.4, -0.2) is 100 Å². The van der Waals surface area contributed by atoms with Gasteiger partial charge in [0, 0.05) is 26.2 Å². The fourth-order valence-electron chi connectivity index (χ4n) is 4.45. The minimum absolute atomic E-state index is 0.0237. The molecule has 0 radical (unpaired) electrons. The number of carbonyl (C=O) groups is 6. The van der Waals surface area contributed by atoms with Gasteiger partial charge >= 0.3 is 23.9 Å². The van der Waals surface area contributed by atoms with Crippen LogP contribution < -0.4 is 0 Å². The van der Waals surface area contributed by atoms with Gasteiger partial charge in [0.2, 0.25) is 11.8 Å². The Hall–Kier alpha value is -4.82. The summed E-state index contributed by atoms with van der Waals surface area (Å²) in [5.74, 6) is -8.52. The van der Waals surface area contributed by atoms with Crippen LogP contribution in [0.1, 0.15) is 49.7 Å². The molecule has 0 aliphatic rings. The third-order valence-electron chi connectivity index (χ3n) is 6.81. The fourth-order valence-corrected chi connectivity index (χ4v) is 4.45. The van der Waals surface area contributed by atoms with Gasteiger partial charge in [-0.2, -0.15) is 0 Å². The Labute approximate surface area is 252 Å². The quantitative estimate of drug-likeness (QED) is 0.122. The third kappa shape index (κ3) is 11.1. The highest BCUT2D eigenvalue weighted by Crippen LogP contribution is 2.21. The van der Waals surface area contributed by atoms with Gasteiger partial charge in [-0.3, -0.25) is 19.2 Å². The van der Waals surface area contributed by atoms with E-state index in [0.29, 0.717) is 11.1 Å². The molecule has 0 saturated carbocycles. The van der Waals surface area contributed by atoms with Gasteiger partial charge in [0.15, 0.2) is 11.2 Å². The summed E-state index contributed by atoms with van der Waals surface area (Å²) in [5, 5.41) is 57.7. The number of aliphatic carboxylic acids is 4. The van der Waals surface area contributed by atoms with Gasteiger partial charge in [-0.05, 0) is 24.0 Å². The Morgan fingerprint density at radius 2 is 0.841 bits per heavy atom. The number of hydrogen-bond donors (Lipinski definition) is 6. The maximum Gasteiger partial charge on any atom is 0.336 e. The molecule has 0 heterocycles. The zero-order chi connectivity index (χ0) is 32.9. The molecule has 0 aliphatic heterocycles. The first-order chi connectivity index (χ1) is 20.6. The molecule has 0 bridgehead atoms. The second-order valence-electron chi connectivity index (χ2n) is 10.5. The summed E-state index contributed by atoms with van der Waals surface area (Å²) < 4.78 is 0. The van der Waals surface area contributed by atoms with Gasteiger partial charge in [-0.15, -0.1) is 0 Å². The molecule has 0 saturated heterocycles. The zero-order valence-corrected chi connectivity index (χ0v) is 23.9. The highest BCUT2D eigenvalue weighted by Gasteiger charge is 2.43. The average Bonchev–Trinajstić information content (AvgIpc) is 2.93. The maximum atomic E-state index is 13.1. The van der Waals surface area contributed by atoms with Crippen molar-refractivity contribution in [1.82, 2.24) is 9.80 Å². The highest BCUT2D eigenvalue weighted by molar-refractivity contribution is 5.91. The topological polar surface area (TPSA) is 230 Å². The Morgan fingerprint density at radius 1 is 0.523 bits per heavy atom. The van der Waals surface area contributed by atoms with E-state index >= 15 is 0 Å². The van der Waals surface area contributed by atoms with E-state index < -0.39 is 72.6 Å². The van der Waals surface area contributed by atoms with Crippen molar-refractivity contribution < 1.29 is 59.4 Å². The van der Waals surface area contributed by atoms with Gasteiger partial charge < -0.3 is 40.4 Å². The number of amides is 2. The summed E-state index contributed by atoms with van der Waals surface area (Å²) in [4.78, 5) is 74.3. The molecule has 238 valence electrons. The lowest BCUT2D eigenvalue weighted by Gasteiger charge is -2.29. The summed E-state index contributed by atoms with van der Waals surface area (Å²) in [5.41, 5.74) is -4.28. The molecule has 0 aliphatic carbocycles. The first-order valence-corrected chi connectivity index (χ1v) is 13.6. The summed E-state index contributed by atoms with van der Waals surface area (Å²) in [6.45, 7) is 0.107. The van der Waals surface area contributed by atoms with Gasteiger partial charge in [-0.1, -0.05) is 60.7 Å². The summed E-state index contributed by atoms with van der Waals surface area (Å²) in [7, 11) is 0. The van der Waals surface area contributed by atoms with Crippen LogP contribution in [0.15, 0.2) is 60.7 Å². The van der Waals surface area contributed by atoms with Crippen LogP contribution in [-0.2, 0) is 41.9 Å². The van der Waals surface area contributed by atoms with Gasteiger partial charge in [0.25, 0.3) is 0 Å². The minimum Gasteiger partial charge on any atom is -0.481 e. The standard InChI is InChI=1S/C30H36N2O12/c33-23(15-29(43,27(39)40)17-25(35)36)31(19-21-9-3-1-4-10-21)13-7-8-14-32(20-22-11-5-2-6-12-22)24(34)16-30(44,28(41)42)18-26(37)38/h1-6,9-12,43-44H,7-8,13-20H2,(H,35,36)(H,37,38)(H,39,40)(H,41,42)/t29-,30-/m1/s1. The lowest BCUT2D eigenvalue weighted by atomic mass is 9.94. The van der Waals surface area contributed by atoms with Crippen molar-refractivity contribution in [2.45, 2.75) is 62.8 Å². The molecule has 0 unspecified atom stereocenters. The van der Waals surface area contributed by atoms with Crippen molar-refractivity contribution in [3.05, 3.63) is 71.8 Å². The fraction of sp³-hybridized carbons (Fsp3) is 0.400. The van der Waals surface area contributed by atoms with Crippen LogP contribution in [0.5, 0.6) is 0 Å².